The molecule has 3 rings (SSSR count). The average molecular weight is 260 g/mol. The van der Waals surface area contributed by atoms with Gasteiger partial charge in [0.1, 0.15) is 17.5 Å². The molecular weight excluding hydrogens is 236 g/mol. The van der Waals surface area contributed by atoms with E-state index in [9.17, 15) is 0 Å². The molecule has 4 heteroatoms. The van der Waals surface area contributed by atoms with Gasteiger partial charge in [-0.2, -0.15) is 0 Å². The molecule has 2 N–H and O–H groups in total. The van der Waals surface area contributed by atoms with E-state index >= 15 is 0 Å². The molecule has 2 fully saturated rings. The Morgan fingerprint density at radius 2 is 1.79 bits per heavy atom. The fourth-order valence-electron chi connectivity index (χ4n) is 2.79. The Balaban J connectivity index is 1.74. The molecule has 0 aromatic carbocycles. The van der Waals surface area contributed by atoms with Crippen molar-refractivity contribution in [2.45, 2.75) is 63.8 Å². The number of hydrogen-bond acceptors (Lipinski definition) is 4. The summed E-state index contributed by atoms with van der Waals surface area (Å²) in [5, 5.41) is 6.93. The molecule has 2 aliphatic carbocycles. The van der Waals surface area contributed by atoms with Crippen LogP contribution < -0.4 is 10.6 Å². The molecular formula is C15H24N4. The lowest BCUT2D eigenvalue weighted by molar-refractivity contribution is 0.461. The predicted molar refractivity (Wildman–Crippen MR) is 78.7 cm³/mol. The van der Waals surface area contributed by atoms with E-state index in [2.05, 4.69) is 28.6 Å². The van der Waals surface area contributed by atoms with E-state index in [4.69, 9.17) is 4.98 Å². The molecule has 4 nitrogen and oxygen atoms in total. The van der Waals surface area contributed by atoms with Crippen molar-refractivity contribution in [3.05, 3.63) is 11.9 Å². The smallest absolute Gasteiger partial charge is 0.136 e. The van der Waals surface area contributed by atoms with Crippen LogP contribution in [0.2, 0.25) is 0 Å². The van der Waals surface area contributed by atoms with Crippen LogP contribution in [0.5, 0.6) is 0 Å². The van der Waals surface area contributed by atoms with Gasteiger partial charge in [-0.05, 0) is 32.6 Å². The van der Waals surface area contributed by atoms with Crippen molar-refractivity contribution in [3.63, 3.8) is 0 Å². The largest absolute Gasteiger partial charge is 0.370 e. The zero-order chi connectivity index (χ0) is 13.1. The zero-order valence-electron chi connectivity index (χ0n) is 11.8. The molecule has 0 atom stereocenters. The van der Waals surface area contributed by atoms with Gasteiger partial charge in [-0.1, -0.05) is 19.3 Å². The maximum absolute atomic E-state index is 4.71. The molecule has 1 aromatic rings. The van der Waals surface area contributed by atoms with E-state index in [1.54, 1.807) is 0 Å². The van der Waals surface area contributed by atoms with Gasteiger partial charge in [0.05, 0.1) is 0 Å². The summed E-state index contributed by atoms with van der Waals surface area (Å²) in [4.78, 5) is 9.33. The zero-order valence-corrected chi connectivity index (χ0v) is 11.8. The highest BCUT2D eigenvalue weighted by atomic mass is 15.1. The highest BCUT2D eigenvalue weighted by Gasteiger charge is 2.27. The minimum atomic E-state index is 0.602. The Labute approximate surface area is 115 Å². The minimum Gasteiger partial charge on any atom is -0.370 e. The molecule has 104 valence electrons. The molecule has 0 bridgehead atoms. The van der Waals surface area contributed by atoms with E-state index in [0.717, 1.165) is 24.0 Å². The van der Waals surface area contributed by atoms with Crippen molar-refractivity contribution >= 4 is 11.6 Å². The van der Waals surface area contributed by atoms with Gasteiger partial charge in [-0.25, -0.2) is 9.97 Å². The summed E-state index contributed by atoms with van der Waals surface area (Å²) in [6.45, 7) is 3.01. The van der Waals surface area contributed by atoms with Crippen LogP contribution in [-0.2, 0) is 0 Å². The quantitative estimate of drug-likeness (QED) is 0.850. The van der Waals surface area contributed by atoms with Crippen molar-refractivity contribution in [1.29, 1.82) is 0 Å². The van der Waals surface area contributed by atoms with Crippen molar-refractivity contribution in [1.82, 2.24) is 9.97 Å². The van der Waals surface area contributed by atoms with Crippen molar-refractivity contribution < 1.29 is 0 Å². The monoisotopic (exact) mass is 260 g/mol. The molecule has 0 spiro atoms. The topological polar surface area (TPSA) is 49.8 Å². The van der Waals surface area contributed by atoms with Crippen molar-refractivity contribution in [2.75, 3.05) is 17.2 Å². The predicted octanol–water partition coefficient (Wildman–Crippen LogP) is 3.53. The van der Waals surface area contributed by atoms with Gasteiger partial charge >= 0.3 is 0 Å². The van der Waals surface area contributed by atoms with Crippen molar-refractivity contribution in [3.8, 4) is 0 Å². The first kappa shape index (κ1) is 12.7. The standard InChI is InChI=1S/C15H24N4/c1-2-16-13-10-14(17-12-6-4-3-5-7-12)19-15(18-13)11-8-9-11/h10-12H,2-9H2,1H3,(H2,16,17,18,19). The van der Waals surface area contributed by atoms with Crippen LogP contribution in [0.15, 0.2) is 6.07 Å². The van der Waals surface area contributed by atoms with Gasteiger partial charge in [0.25, 0.3) is 0 Å². The highest BCUT2D eigenvalue weighted by Crippen LogP contribution is 2.39. The van der Waals surface area contributed by atoms with Crippen LogP contribution in [0, 0.1) is 0 Å². The van der Waals surface area contributed by atoms with Crippen LogP contribution in [0.25, 0.3) is 0 Å². The minimum absolute atomic E-state index is 0.602. The average Bonchev–Trinajstić information content (AvgIpc) is 3.24. The molecule has 0 saturated heterocycles. The number of nitrogens with zero attached hydrogens (tertiary/aromatic N) is 2. The molecule has 0 aliphatic heterocycles. The van der Waals surface area contributed by atoms with Crippen LogP contribution in [-0.4, -0.2) is 22.6 Å². The number of anilines is 2. The van der Waals surface area contributed by atoms with Crippen LogP contribution in [0.3, 0.4) is 0 Å². The second-order valence-electron chi connectivity index (χ2n) is 5.78. The Hall–Kier alpha value is -1.32. The molecule has 2 saturated carbocycles. The van der Waals surface area contributed by atoms with E-state index in [1.807, 2.05) is 0 Å². The third-order valence-corrected chi connectivity index (χ3v) is 4.00. The van der Waals surface area contributed by atoms with Gasteiger partial charge in [0, 0.05) is 24.6 Å². The molecule has 0 unspecified atom stereocenters. The Morgan fingerprint density at radius 1 is 1.05 bits per heavy atom. The first-order valence-corrected chi connectivity index (χ1v) is 7.74. The summed E-state index contributed by atoms with van der Waals surface area (Å²) in [5.74, 6) is 3.61. The number of nitrogens with one attached hydrogen (secondary N) is 2. The second-order valence-corrected chi connectivity index (χ2v) is 5.78. The third-order valence-electron chi connectivity index (χ3n) is 4.00. The maximum atomic E-state index is 4.71. The number of hydrogen-bond donors (Lipinski definition) is 2. The number of aromatic nitrogens is 2. The maximum Gasteiger partial charge on any atom is 0.136 e. The van der Waals surface area contributed by atoms with Gasteiger partial charge in [0.15, 0.2) is 0 Å². The van der Waals surface area contributed by atoms with E-state index in [-0.39, 0.29) is 0 Å². The highest BCUT2D eigenvalue weighted by molar-refractivity contribution is 5.48. The summed E-state index contributed by atoms with van der Waals surface area (Å²) >= 11 is 0. The van der Waals surface area contributed by atoms with E-state index in [1.165, 1.54) is 44.9 Å². The normalized spacial score (nSPS) is 20.3. The Kier molecular flexibility index (Phi) is 3.85. The van der Waals surface area contributed by atoms with Crippen molar-refractivity contribution in [2.24, 2.45) is 0 Å². The molecule has 0 radical (unpaired) electrons. The lowest BCUT2D eigenvalue weighted by Gasteiger charge is -2.23. The lowest BCUT2D eigenvalue weighted by atomic mass is 9.95. The van der Waals surface area contributed by atoms with Gasteiger partial charge < -0.3 is 10.6 Å². The fraction of sp³-hybridized carbons (Fsp3) is 0.733. The molecule has 2 aliphatic rings. The lowest BCUT2D eigenvalue weighted by Crippen LogP contribution is -2.23. The van der Waals surface area contributed by atoms with E-state index in [0.29, 0.717) is 12.0 Å². The van der Waals surface area contributed by atoms with Crippen LogP contribution in [0.4, 0.5) is 11.6 Å². The first-order chi connectivity index (χ1) is 9.35. The second kappa shape index (κ2) is 5.76. The summed E-state index contributed by atoms with van der Waals surface area (Å²) in [5.41, 5.74) is 0. The van der Waals surface area contributed by atoms with Crippen LogP contribution in [0.1, 0.15) is 63.6 Å². The summed E-state index contributed by atoms with van der Waals surface area (Å²) < 4.78 is 0. The SMILES string of the molecule is CCNc1cc(NC2CCCCC2)nc(C2CC2)n1. The summed E-state index contributed by atoms with van der Waals surface area (Å²) in [6, 6.07) is 2.66. The summed E-state index contributed by atoms with van der Waals surface area (Å²) in [6.07, 6.45) is 9.13. The van der Waals surface area contributed by atoms with Crippen LogP contribution >= 0.6 is 0 Å². The Morgan fingerprint density at radius 3 is 2.47 bits per heavy atom. The molecule has 19 heavy (non-hydrogen) atoms. The number of rotatable bonds is 5. The Bertz CT molecular complexity index is 422. The van der Waals surface area contributed by atoms with Gasteiger partial charge in [0.2, 0.25) is 0 Å². The van der Waals surface area contributed by atoms with E-state index < -0.39 is 0 Å². The fourth-order valence-corrected chi connectivity index (χ4v) is 2.79. The third kappa shape index (κ3) is 3.37. The van der Waals surface area contributed by atoms with Gasteiger partial charge in [-0.15, -0.1) is 0 Å². The van der Waals surface area contributed by atoms with Gasteiger partial charge in [-0.3, -0.25) is 0 Å². The summed E-state index contributed by atoms with van der Waals surface area (Å²) in [7, 11) is 0. The molecule has 1 aromatic heterocycles. The molecule has 0 amide bonds. The molecule has 1 heterocycles. The first-order valence-electron chi connectivity index (χ1n) is 7.74.